The van der Waals surface area contributed by atoms with Gasteiger partial charge in [0.15, 0.2) is 0 Å². The number of hydrogen-bond acceptors (Lipinski definition) is 1. The van der Waals surface area contributed by atoms with E-state index in [1.807, 2.05) is 0 Å². The molecule has 0 spiro atoms. The molecule has 0 bridgehead atoms. The number of halogens is 4. The fourth-order valence-corrected chi connectivity index (χ4v) is 2.44. The summed E-state index contributed by atoms with van der Waals surface area (Å²) in [6.07, 6.45) is -4.45. The SMILES string of the molecule is CNC(c1cc(C)cc(F)c1)c1ccccc1C(F)(F)F. The van der Waals surface area contributed by atoms with Gasteiger partial charge in [0.1, 0.15) is 5.82 Å². The average Bonchev–Trinajstić information content (AvgIpc) is 2.38. The highest BCUT2D eigenvalue weighted by Crippen LogP contribution is 2.36. The van der Waals surface area contributed by atoms with Crippen LogP contribution in [0.4, 0.5) is 17.6 Å². The van der Waals surface area contributed by atoms with E-state index in [-0.39, 0.29) is 5.56 Å². The molecule has 0 amide bonds. The van der Waals surface area contributed by atoms with Gasteiger partial charge in [0.05, 0.1) is 11.6 Å². The Morgan fingerprint density at radius 3 is 2.29 bits per heavy atom. The van der Waals surface area contributed by atoms with Crippen molar-refractivity contribution in [1.82, 2.24) is 5.32 Å². The largest absolute Gasteiger partial charge is 0.416 e. The molecule has 0 aliphatic carbocycles. The highest BCUT2D eigenvalue weighted by Gasteiger charge is 2.35. The second-order valence-corrected chi connectivity index (χ2v) is 4.87. The van der Waals surface area contributed by atoms with Crippen LogP contribution in [-0.2, 0) is 6.18 Å². The van der Waals surface area contributed by atoms with Crippen LogP contribution in [0.15, 0.2) is 42.5 Å². The van der Waals surface area contributed by atoms with Gasteiger partial charge < -0.3 is 5.32 Å². The van der Waals surface area contributed by atoms with Gasteiger partial charge >= 0.3 is 6.18 Å². The second-order valence-electron chi connectivity index (χ2n) is 4.87. The molecule has 2 aromatic carbocycles. The maximum Gasteiger partial charge on any atom is 0.416 e. The van der Waals surface area contributed by atoms with Crippen molar-refractivity contribution in [2.75, 3.05) is 7.05 Å². The fraction of sp³-hybridized carbons (Fsp3) is 0.250. The van der Waals surface area contributed by atoms with Crippen molar-refractivity contribution in [1.29, 1.82) is 0 Å². The van der Waals surface area contributed by atoms with E-state index < -0.39 is 23.6 Å². The number of nitrogens with one attached hydrogen (secondary N) is 1. The summed E-state index contributed by atoms with van der Waals surface area (Å²) >= 11 is 0. The van der Waals surface area contributed by atoms with E-state index in [4.69, 9.17) is 0 Å². The molecule has 1 N–H and O–H groups in total. The first kappa shape index (κ1) is 15.5. The van der Waals surface area contributed by atoms with Crippen LogP contribution in [0.25, 0.3) is 0 Å². The molecule has 0 aromatic heterocycles. The maximum absolute atomic E-state index is 13.5. The Bertz CT molecular complexity index is 614. The molecule has 1 atom stereocenters. The Balaban J connectivity index is 2.57. The van der Waals surface area contributed by atoms with E-state index in [9.17, 15) is 17.6 Å². The molecule has 112 valence electrons. The summed E-state index contributed by atoms with van der Waals surface area (Å²) in [5.74, 6) is -0.463. The lowest BCUT2D eigenvalue weighted by Crippen LogP contribution is -2.22. The molecule has 21 heavy (non-hydrogen) atoms. The molecule has 0 aliphatic heterocycles. The summed E-state index contributed by atoms with van der Waals surface area (Å²) in [6, 6.07) is 8.87. The zero-order chi connectivity index (χ0) is 15.6. The van der Waals surface area contributed by atoms with E-state index in [1.54, 1.807) is 26.1 Å². The van der Waals surface area contributed by atoms with Gasteiger partial charge in [-0.05, 0) is 48.9 Å². The quantitative estimate of drug-likeness (QED) is 0.825. The molecule has 2 aromatic rings. The zero-order valence-corrected chi connectivity index (χ0v) is 11.6. The van der Waals surface area contributed by atoms with Crippen molar-refractivity contribution in [2.24, 2.45) is 0 Å². The maximum atomic E-state index is 13.5. The van der Waals surface area contributed by atoms with Gasteiger partial charge in [0, 0.05) is 0 Å². The van der Waals surface area contributed by atoms with E-state index in [2.05, 4.69) is 5.32 Å². The van der Waals surface area contributed by atoms with Crippen LogP contribution in [0.3, 0.4) is 0 Å². The predicted molar refractivity (Wildman–Crippen MR) is 73.5 cm³/mol. The molecule has 2 rings (SSSR count). The smallest absolute Gasteiger partial charge is 0.309 e. The minimum atomic E-state index is -4.45. The van der Waals surface area contributed by atoms with Crippen molar-refractivity contribution in [3.05, 3.63) is 70.5 Å². The van der Waals surface area contributed by atoms with Crippen LogP contribution in [-0.4, -0.2) is 7.05 Å². The standard InChI is InChI=1S/C16H15F4N/c1-10-7-11(9-12(17)8-10)15(21-2)13-5-3-4-6-14(13)16(18,19)20/h3-9,15,21H,1-2H3. The first-order valence-corrected chi connectivity index (χ1v) is 6.43. The molecular formula is C16H15F4N. The number of benzene rings is 2. The summed E-state index contributed by atoms with van der Waals surface area (Å²) in [6.45, 7) is 1.70. The third-order valence-electron chi connectivity index (χ3n) is 3.26. The monoisotopic (exact) mass is 297 g/mol. The van der Waals surface area contributed by atoms with Crippen LogP contribution < -0.4 is 5.32 Å². The fourth-order valence-electron chi connectivity index (χ4n) is 2.44. The van der Waals surface area contributed by atoms with Crippen LogP contribution in [0.1, 0.15) is 28.3 Å². The van der Waals surface area contributed by atoms with Crippen LogP contribution in [0, 0.1) is 12.7 Å². The van der Waals surface area contributed by atoms with Crippen LogP contribution in [0.5, 0.6) is 0 Å². The molecule has 0 heterocycles. The van der Waals surface area contributed by atoms with Gasteiger partial charge in [-0.2, -0.15) is 13.2 Å². The van der Waals surface area contributed by atoms with Gasteiger partial charge in [0.25, 0.3) is 0 Å². The van der Waals surface area contributed by atoms with Crippen molar-refractivity contribution < 1.29 is 17.6 Å². The second kappa shape index (κ2) is 5.85. The van der Waals surface area contributed by atoms with Gasteiger partial charge in [-0.1, -0.05) is 24.3 Å². The Morgan fingerprint density at radius 2 is 1.71 bits per heavy atom. The third kappa shape index (κ3) is 3.42. The van der Waals surface area contributed by atoms with Crippen LogP contribution >= 0.6 is 0 Å². The predicted octanol–water partition coefficient (Wildman–Crippen LogP) is 4.46. The summed E-state index contributed by atoms with van der Waals surface area (Å²) in [4.78, 5) is 0. The lowest BCUT2D eigenvalue weighted by molar-refractivity contribution is -0.138. The summed E-state index contributed by atoms with van der Waals surface area (Å²) in [5, 5.41) is 2.83. The Kier molecular flexibility index (Phi) is 4.32. The molecule has 0 radical (unpaired) electrons. The Labute approximate surface area is 120 Å². The Hall–Kier alpha value is -1.88. The van der Waals surface area contributed by atoms with E-state index in [0.29, 0.717) is 11.1 Å². The highest BCUT2D eigenvalue weighted by molar-refractivity contribution is 5.40. The van der Waals surface area contributed by atoms with Gasteiger partial charge in [0.2, 0.25) is 0 Å². The lowest BCUT2D eigenvalue weighted by atomic mass is 9.93. The lowest BCUT2D eigenvalue weighted by Gasteiger charge is -2.22. The summed E-state index contributed by atoms with van der Waals surface area (Å²) < 4.78 is 52.9. The minimum absolute atomic E-state index is 0.0810. The normalized spacial score (nSPS) is 13.2. The highest BCUT2D eigenvalue weighted by atomic mass is 19.4. The average molecular weight is 297 g/mol. The zero-order valence-electron chi connectivity index (χ0n) is 11.6. The summed E-state index contributed by atoms with van der Waals surface area (Å²) in [7, 11) is 1.55. The van der Waals surface area contributed by atoms with Crippen molar-refractivity contribution >= 4 is 0 Å². The van der Waals surface area contributed by atoms with Gasteiger partial charge in [-0.25, -0.2) is 4.39 Å². The van der Waals surface area contributed by atoms with Crippen molar-refractivity contribution in [2.45, 2.75) is 19.1 Å². The Morgan fingerprint density at radius 1 is 1.05 bits per heavy atom. The van der Waals surface area contributed by atoms with Crippen molar-refractivity contribution in [3.8, 4) is 0 Å². The molecule has 0 saturated carbocycles. The van der Waals surface area contributed by atoms with Gasteiger partial charge in [-0.15, -0.1) is 0 Å². The number of rotatable bonds is 3. The summed E-state index contributed by atoms with van der Waals surface area (Å²) in [5.41, 5.74) is 0.491. The molecule has 0 aliphatic rings. The molecule has 1 unspecified atom stereocenters. The molecule has 0 fully saturated rings. The molecule has 0 saturated heterocycles. The topological polar surface area (TPSA) is 12.0 Å². The number of alkyl halides is 3. The first-order valence-electron chi connectivity index (χ1n) is 6.43. The number of aryl methyl sites for hydroxylation is 1. The van der Waals surface area contributed by atoms with Crippen LogP contribution in [0.2, 0.25) is 0 Å². The van der Waals surface area contributed by atoms with E-state index in [1.165, 1.54) is 24.3 Å². The molecule has 5 heteroatoms. The van der Waals surface area contributed by atoms with Gasteiger partial charge in [-0.3, -0.25) is 0 Å². The molecule has 1 nitrogen and oxygen atoms in total. The van der Waals surface area contributed by atoms with E-state index >= 15 is 0 Å². The first-order chi connectivity index (χ1) is 9.82. The minimum Gasteiger partial charge on any atom is -0.309 e. The number of hydrogen-bond donors (Lipinski definition) is 1. The van der Waals surface area contributed by atoms with Crippen molar-refractivity contribution in [3.63, 3.8) is 0 Å². The van der Waals surface area contributed by atoms with E-state index in [0.717, 1.165) is 6.07 Å². The molecular weight excluding hydrogens is 282 g/mol. The third-order valence-corrected chi connectivity index (χ3v) is 3.26.